The molecule has 0 aliphatic rings. The van der Waals surface area contributed by atoms with E-state index in [1.807, 2.05) is 0 Å². The summed E-state index contributed by atoms with van der Waals surface area (Å²) >= 11 is 0. The predicted octanol–water partition coefficient (Wildman–Crippen LogP) is -0.0390. The third-order valence-corrected chi connectivity index (χ3v) is 1.02. The van der Waals surface area contributed by atoms with Gasteiger partial charge in [0, 0.05) is 0 Å². The van der Waals surface area contributed by atoms with Gasteiger partial charge in [0.1, 0.15) is 0 Å². The van der Waals surface area contributed by atoms with Gasteiger partial charge in [0.05, 0.1) is 0 Å². The second-order valence-corrected chi connectivity index (χ2v) is 1.88. The van der Waals surface area contributed by atoms with E-state index in [-0.39, 0.29) is 18.9 Å². The van der Waals surface area contributed by atoms with Crippen LogP contribution in [0.3, 0.4) is 0 Å². The van der Waals surface area contributed by atoms with Crippen LogP contribution in [0.1, 0.15) is 32.6 Å². The van der Waals surface area contributed by atoms with Crippen molar-refractivity contribution in [3.05, 3.63) is 19.1 Å². The maximum atomic E-state index is 3.75. The third kappa shape index (κ3) is 11.8. The van der Waals surface area contributed by atoms with Crippen molar-refractivity contribution >= 4 is 0 Å². The van der Waals surface area contributed by atoms with Gasteiger partial charge in [-0.15, -0.1) is 0 Å². The van der Waals surface area contributed by atoms with Crippen LogP contribution in [-0.2, 0) is 0 Å². The maximum absolute atomic E-state index is 3.75. The first-order valence-corrected chi connectivity index (χ1v) is 3.36. The number of rotatable bonds is 4. The Morgan fingerprint density at radius 3 is 2.44 bits per heavy atom. The largest absolute Gasteiger partial charge is 1.00 e. The molecule has 48 valence electrons. The molecule has 0 fully saturated rings. The first kappa shape index (κ1) is 12.1. The van der Waals surface area contributed by atoms with E-state index in [0.717, 1.165) is 12.8 Å². The third-order valence-electron chi connectivity index (χ3n) is 1.02. The van der Waals surface area contributed by atoms with Crippen molar-refractivity contribution in [1.29, 1.82) is 0 Å². The molecule has 0 radical (unpaired) electrons. The van der Waals surface area contributed by atoms with Crippen molar-refractivity contribution in [3.63, 3.8) is 0 Å². The van der Waals surface area contributed by atoms with Crippen LogP contribution in [0.15, 0.2) is 12.2 Å². The quantitative estimate of drug-likeness (QED) is 0.210. The molecule has 0 heterocycles. The summed E-state index contributed by atoms with van der Waals surface area (Å²) < 4.78 is 0. The van der Waals surface area contributed by atoms with Gasteiger partial charge in [-0.05, 0) is 12.8 Å². The molecule has 0 saturated heterocycles. The Balaban J connectivity index is 0. The monoisotopic (exact) mass is 118 g/mol. The van der Waals surface area contributed by atoms with Gasteiger partial charge in [-0.1, -0.05) is 25.5 Å². The molecule has 0 amide bonds. The maximum Gasteiger partial charge on any atom is 1.00 e. The van der Waals surface area contributed by atoms with Gasteiger partial charge < -0.3 is 6.92 Å². The first-order valence-electron chi connectivity index (χ1n) is 3.36. The van der Waals surface area contributed by atoms with Crippen LogP contribution in [0.25, 0.3) is 0 Å². The van der Waals surface area contributed by atoms with Gasteiger partial charge in [0.15, 0.2) is 0 Å². The summed E-state index contributed by atoms with van der Waals surface area (Å²) in [7, 11) is 0. The molecular formula is C8H15Li. The van der Waals surface area contributed by atoms with Crippen LogP contribution >= 0.6 is 0 Å². The molecule has 0 nitrogen and oxygen atoms in total. The van der Waals surface area contributed by atoms with E-state index in [9.17, 15) is 0 Å². The molecule has 9 heavy (non-hydrogen) atoms. The minimum absolute atomic E-state index is 0. The molecule has 0 N–H and O–H groups in total. The Morgan fingerprint density at radius 2 is 2.00 bits per heavy atom. The number of unbranched alkanes of at least 4 members (excludes halogenated alkanes) is 2. The van der Waals surface area contributed by atoms with Crippen molar-refractivity contribution < 1.29 is 18.9 Å². The molecule has 0 aromatic heterocycles. The van der Waals surface area contributed by atoms with Crippen LogP contribution in [0.5, 0.6) is 0 Å². The summed E-state index contributed by atoms with van der Waals surface area (Å²) in [5.74, 6) is 0. The second kappa shape index (κ2) is 11.2. The molecule has 0 spiro atoms. The average molecular weight is 118 g/mol. The van der Waals surface area contributed by atoms with Gasteiger partial charge in [0.2, 0.25) is 0 Å². The van der Waals surface area contributed by atoms with E-state index in [0.29, 0.717) is 0 Å². The van der Waals surface area contributed by atoms with Crippen LogP contribution < -0.4 is 18.9 Å². The normalized spacial score (nSPS) is 9.56. The molecule has 0 aliphatic heterocycles. The summed E-state index contributed by atoms with van der Waals surface area (Å²) in [4.78, 5) is 0. The van der Waals surface area contributed by atoms with Crippen molar-refractivity contribution in [3.8, 4) is 0 Å². The molecule has 0 unspecified atom stereocenters. The summed E-state index contributed by atoms with van der Waals surface area (Å²) in [5, 5.41) is 0. The van der Waals surface area contributed by atoms with Crippen LogP contribution in [0.4, 0.5) is 0 Å². The van der Waals surface area contributed by atoms with E-state index >= 15 is 0 Å². The van der Waals surface area contributed by atoms with Gasteiger partial charge in [-0.25, -0.2) is 0 Å². The molecule has 0 aromatic carbocycles. The summed E-state index contributed by atoms with van der Waals surface area (Å²) in [5.41, 5.74) is 0. The molecule has 1 heteroatoms. The molecule has 0 atom stereocenters. The van der Waals surface area contributed by atoms with Crippen molar-refractivity contribution in [1.82, 2.24) is 0 Å². The van der Waals surface area contributed by atoms with Gasteiger partial charge >= 0.3 is 18.9 Å². The zero-order valence-electron chi connectivity index (χ0n) is 6.69. The van der Waals surface area contributed by atoms with Crippen molar-refractivity contribution in [2.45, 2.75) is 32.6 Å². The number of hydrogen-bond donors (Lipinski definition) is 0. The second-order valence-electron chi connectivity index (χ2n) is 1.88. The number of hydrogen-bond acceptors (Lipinski definition) is 0. The SMILES string of the molecule is [CH2-]CCC/C=C\CC.[Li+]. The van der Waals surface area contributed by atoms with Gasteiger partial charge in [-0.3, -0.25) is 0 Å². The minimum atomic E-state index is 0. The molecule has 0 saturated carbocycles. The fourth-order valence-corrected chi connectivity index (χ4v) is 0.547. The summed E-state index contributed by atoms with van der Waals surface area (Å²) in [6, 6.07) is 0. The Hall–Kier alpha value is 0.337. The van der Waals surface area contributed by atoms with Crippen molar-refractivity contribution in [2.24, 2.45) is 0 Å². The molecule has 0 aliphatic carbocycles. The Labute approximate surface area is 70.9 Å². The summed E-state index contributed by atoms with van der Waals surface area (Å²) in [6.45, 7) is 5.90. The molecule has 0 rings (SSSR count). The summed E-state index contributed by atoms with van der Waals surface area (Å²) in [6.07, 6.45) is 9.10. The first-order chi connectivity index (χ1) is 3.91. The Morgan fingerprint density at radius 1 is 1.33 bits per heavy atom. The standard InChI is InChI=1S/C8H15.Li/c1-3-5-7-8-6-4-2;/h6,8H,1,3-5,7H2,2H3;/q-1;+1/b8-6-;. The fraction of sp³-hybridized carbons (Fsp3) is 0.625. The average Bonchev–Trinajstić information content (AvgIpc) is 1.81. The minimum Gasteiger partial charge on any atom is -0.343 e. The molecule has 0 aromatic rings. The number of allylic oxidation sites excluding steroid dienone is 2. The van der Waals surface area contributed by atoms with Crippen molar-refractivity contribution in [2.75, 3.05) is 0 Å². The van der Waals surface area contributed by atoms with E-state index in [1.54, 1.807) is 0 Å². The van der Waals surface area contributed by atoms with Crippen LogP contribution in [0, 0.1) is 6.92 Å². The van der Waals surface area contributed by atoms with E-state index in [1.165, 1.54) is 12.8 Å². The Kier molecular flexibility index (Phi) is 15.0. The zero-order chi connectivity index (χ0) is 6.24. The predicted molar refractivity (Wildman–Crippen MR) is 38.6 cm³/mol. The van der Waals surface area contributed by atoms with E-state index in [2.05, 4.69) is 26.0 Å². The fourth-order valence-electron chi connectivity index (χ4n) is 0.547. The van der Waals surface area contributed by atoms with Crippen LogP contribution in [-0.4, -0.2) is 0 Å². The zero-order valence-corrected chi connectivity index (χ0v) is 6.69. The van der Waals surface area contributed by atoms with Crippen LogP contribution in [0.2, 0.25) is 0 Å². The molecule has 0 bridgehead atoms. The topological polar surface area (TPSA) is 0 Å². The smallest absolute Gasteiger partial charge is 0.343 e. The van der Waals surface area contributed by atoms with Gasteiger partial charge in [0.25, 0.3) is 0 Å². The van der Waals surface area contributed by atoms with Gasteiger partial charge in [-0.2, -0.15) is 6.42 Å². The van der Waals surface area contributed by atoms with E-state index in [4.69, 9.17) is 0 Å². The Bertz CT molecular complexity index is 57.6. The van der Waals surface area contributed by atoms with E-state index < -0.39 is 0 Å². The molecular weight excluding hydrogens is 103 g/mol.